The first kappa shape index (κ1) is 9.65. The van der Waals surface area contributed by atoms with E-state index in [0.29, 0.717) is 5.39 Å². The monoisotopic (exact) mass is 204 g/mol. The molecule has 76 valence electrons. The van der Waals surface area contributed by atoms with Crippen LogP contribution in [0.2, 0.25) is 0 Å². The highest BCUT2D eigenvalue weighted by atomic mass is 19.1. The zero-order chi connectivity index (χ0) is 10.8. The molecule has 15 heavy (non-hydrogen) atoms. The molecule has 0 spiro atoms. The lowest BCUT2D eigenvalue weighted by molar-refractivity contribution is -0.136. The lowest BCUT2D eigenvalue weighted by atomic mass is 10.0. The Labute approximate surface area is 86.0 Å². The molecular formula is C12H9FO2. The van der Waals surface area contributed by atoms with Crippen LogP contribution in [0.1, 0.15) is 5.56 Å². The Kier molecular flexibility index (Phi) is 2.37. The second kappa shape index (κ2) is 3.69. The molecule has 0 atom stereocenters. The van der Waals surface area contributed by atoms with Crippen LogP contribution < -0.4 is 0 Å². The van der Waals surface area contributed by atoms with Crippen LogP contribution in [0.5, 0.6) is 0 Å². The lowest BCUT2D eigenvalue weighted by Gasteiger charge is -2.05. The van der Waals surface area contributed by atoms with Crippen molar-refractivity contribution in [2.24, 2.45) is 0 Å². The second-order valence-corrected chi connectivity index (χ2v) is 3.32. The molecule has 2 aromatic rings. The zero-order valence-electron chi connectivity index (χ0n) is 7.90. The number of hydrogen-bond acceptors (Lipinski definition) is 1. The number of fused-ring (bicyclic) bond motifs is 1. The van der Waals surface area contributed by atoms with Gasteiger partial charge in [0.2, 0.25) is 0 Å². The molecule has 3 heteroatoms. The lowest BCUT2D eigenvalue weighted by Crippen LogP contribution is -2.03. The molecule has 0 saturated carbocycles. The molecule has 0 unspecified atom stereocenters. The van der Waals surface area contributed by atoms with E-state index in [0.717, 1.165) is 5.39 Å². The maximum atomic E-state index is 13.4. The molecule has 0 aliphatic carbocycles. The van der Waals surface area contributed by atoms with Crippen LogP contribution in [-0.4, -0.2) is 11.1 Å². The molecule has 0 amide bonds. The molecule has 2 nitrogen and oxygen atoms in total. The van der Waals surface area contributed by atoms with Gasteiger partial charge < -0.3 is 5.11 Å². The van der Waals surface area contributed by atoms with E-state index in [1.165, 1.54) is 6.07 Å². The van der Waals surface area contributed by atoms with Crippen molar-refractivity contribution in [2.45, 2.75) is 6.42 Å². The van der Waals surface area contributed by atoms with Crippen molar-refractivity contribution in [2.75, 3.05) is 0 Å². The summed E-state index contributed by atoms with van der Waals surface area (Å²) in [6, 6.07) is 10.1. The highest BCUT2D eigenvalue weighted by Gasteiger charge is 2.10. The Balaban J connectivity index is 2.68. The summed E-state index contributed by atoms with van der Waals surface area (Å²) < 4.78 is 13.4. The van der Waals surface area contributed by atoms with Crippen LogP contribution in [-0.2, 0) is 11.2 Å². The third kappa shape index (κ3) is 1.81. The van der Waals surface area contributed by atoms with Crippen molar-refractivity contribution in [1.29, 1.82) is 0 Å². The van der Waals surface area contributed by atoms with Crippen LogP contribution in [0.4, 0.5) is 4.39 Å². The Morgan fingerprint density at radius 2 is 1.93 bits per heavy atom. The van der Waals surface area contributed by atoms with E-state index in [2.05, 4.69) is 0 Å². The van der Waals surface area contributed by atoms with E-state index in [4.69, 9.17) is 5.11 Å². The van der Waals surface area contributed by atoms with Crippen LogP contribution in [0.3, 0.4) is 0 Å². The molecule has 0 radical (unpaired) electrons. The normalized spacial score (nSPS) is 10.5. The van der Waals surface area contributed by atoms with Gasteiger partial charge in [0.15, 0.2) is 0 Å². The van der Waals surface area contributed by atoms with Crippen molar-refractivity contribution >= 4 is 16.7 Å². The summed E-state index contributed by atoms with van der Waals surface area (Å²) in [5.74, 6) is -1.48. The van der Waals surface area contributed by atoms with Gasteiger partial charge in [-0.05, 0) is 16.8 Å². The minimum atomic E-state index is -1.02. The summed E-state index contributed by atoms with van der Waals surface area (Å²) in [4.78, 5) is 10.6. The van der Waals surface area contributed by atoms with Crippen molar-refractivity contribution < 1.29 is 14.3 Å². The van der Waals surface area contributed by atoms with Gasteiger partial charge in [-0.15, -0.1) is 0 Å². The minimum absolute atomic E-state index is 0.251. The summed E-state index contributed by atoms with van der Waals surface area (Å²) in [5.41, 5.74) is 0.251. The first-order valence-corrected chi connectivity index (χ1v) is 4.56. The number of carbonyl (C=O) groups is 1. The molecule has 0 aromatic heterocycles. The average molecular weight is 204 g/mol. The van der Waals surface area contributed by atoms with Gasteiger partial charge in [-0.1, -0.05) is 30.3 Å². The van der Waals surface area contributed by atoms with Gasteiger partial charge in [0.1, 0.15) is 5.82 Å². The Bertz CT molecular complexity index is 520. The summed E-state index contributed by atoms with van der Waals surface area (Å²) in [6.07, 6.45) is -0.285. The van der Waals surface area contributed by atoms with Gasteiger partial charge >= 0.3 is 5.97 Å². The molecule has 0 aliphatic heterocycles. The number of rotatable bonds is 2. The van der Waals surface area contributed by atoms with Crippen LogP contribution >= 0.6 is 0 Å². The number of halogens is 1. The maximum absolute atomic E-state index is 13.4. The second-order valence-electron chi connectivity index (χ2n) is 3.32. The fraction of sp³-hybridized carbons (Fsp3) is 0.0833. The summed E-state index contributed by atoms with van der Waals surface area (Å²) in [7, 11) is 0. The van der Waals surface area contributed by atoms with Crippen molar-refractivity contribution in [1.82, 2.24) is 0 Å². The van der Waals surface area contributed by atoms with E-state index in [9.17, 15) is 9.18 Å². The summed E-state index contributed by atoms with van der Waals surface area (Å²) >= 11 is 0. The molecule has 1 N–H and O–H groups in total. The minimum Gasteiger partial charge on any atom is -0.481 e. The van der Waals surface area contributed by atoms with E-state index in [1.54, 1.807) is 18.2 Å². The molecule has 0 heterocycles. The van der Waals surface area contributed by atoms with E-state index in [1.807, 2.05) is 12.1 Å². The van der Waals surface area contributed by atoms with Gasteiger partial charge in [-0.2, -0.15) is 0 Å². The first-order valence-electron chi connectivity index (χ1n) is 4.56. The number of benzene rings is 2. The SMILES string of the molecule is O=C(O)Cc1c(F)ccc2ccccc12. The highest BCUT2D eigenvalue weighted by Crippen LogP contribution is 2.21. The Morgan fingerprint density at radius 1 is 1.20 bits per heavy atom. The predicted octanol–water partition coefficient (Wildman–Crippen LogP) is 2.61. The average Bonchev–Trinajstić information content (AvgIpc) is 2.22. The summed E-state index contributed by atoms with van der Waals surface area (Å²) in [5, 5.41) is 10.2. The Hall–Kier alpha value is -1.90. The third-order valence-electron chi connectivity index (χ3n) is 2.31. The molecule has 2 rings (SSSR count). The number of aliphatic carboxylic acids is 1. The largest absolute Gasteiger partial charge is 0.481 e. The zero-order valence-corrected chi connectivity index (χ0v) is 7.90. The fourth-order valence-corrected chi connectivity index (χ4v) is 1.64. The van der Waals surface area contributed by atoms with Crippen LogP contribution in [0, 0.1) is 5.82 Å². The van der Waals surface area contributed by atoms with Gasteiger partial charge in [-0.3, -0.25) is 4.79 Å². The number of carboxylic acid groups (broad SMARTS) is 1. The van der Waals surface area contributed by atoms with Crippen LogP contribution in [0.25, 0.3) is 10.8 Å². The molecule has 0 saturated heterocycles. The highest BCUT2D eigenvalue weighted by molar-refractivity contribution is 5.88. The van der Waals surface area contributed by atoms with Crippen molar-refractivity contribution in [3.8, 4) is 0 Å². The van der Waals surface area contributed by atoms with Gasteiger partial charge in [0.05, 0.1) is 6.42 Å². The fourth-order valence-electron chi connectivity index (χ4n) is 1.64. The molecule has 2 aromatic carbocycles. The third-order valence-corrected chi connectivity index (χ3v) is 2.31. The molecule has 0 fully saturated rings. The van der Waals surface area contributed by atoms with E-state index < -0.39 is 11.8 Å². The van der Waals surface area contributed by atoms with E-state index >= 15 is 0 Å². The first-order chi connectivity index (χ1) is 7.18. The molecule has 0 bridgehead atoms. The molecule has 0 aliphatic rings. The standard InChI is InChI=1S/C12H9FO2/c13-11-6-5-8-3-1-2-4-9(8)10(11)7-12(14)15/h1-6H,7H2,(H,14,15). The van der Waals surface area contributed by atoms with Crippen molar-refractivity contribution in [3.63, 3.8) is 0 Å². The maximum Gasteiger partial charge on any atom is 0.307 e. The van der Waals surface area contributed by atoms with Crippen LogP contribution in [0.15, 0.2) is 36.4 Å². The van der Waals surface area contributed by atoms with Crippen molar-refractivity contribution in [3.05, 3.63) is 47.8 Å². The molecular weight excluding hydrogens is 195 g/mol. The quantitative estimate of drug-likeness (QED) is 0.816. The number of hydrogen-bond donors (Lipinski definition) is 1. The van der Waals surface area contributed by atoms with Gasteiger partial charge in [0, 0.05) is 5.56 Å². The predicted molar refractivity (Wildman–Crippen MR) is 55.2 cm³/mol. The smallest absolute Gasteiger partial charge is 0.307 e. The topological polar surface area (TPSA) is 37.3 Å². The summed E-state index contributed by atoms with van der Waals surface area (Å²) in [6.45, 7) is 0. The van der Waals surface area contributed by atoms with Gasteiger partial charge in [-0.25, -0.2) is 4.39 Å². The Morgan fingerprint density at radius 3 is 2.67 bits per heavy atom. The van der Waals surface area contributed by atoms with E-state index in [-0.39, 0.29) is 12.0 Å². The van der Waals surface area contributed by atoms with Gasteiger partial charge in [0.25, 0.3) is 0 Å². The number of carboxylic acids is 1.